The van der Waals surface area contributed by atoms with Crippen LogP contribution in [-0.4, -0.2) is 15.2 Å². The van der Waals surface area contributed by atoms with E-state index in [1.165, 1.54) is 11.3 Å². The van der Waals surface area contributed by atoms with Gasteiger partial charge in [-0.2, -0.15) is 0 Å². The number of aromatic nitrogens is 1. The van der Waals surface area contributed by atoms with Crippen molar-refractivity contribution in [2.24, 2.45) is 0 Å². The number of nitrogens with one attached hydrogen (secondary N) is 1. The molecule has 2 aromatic carbocycles. The van der Waals surface area contributed by atoms with E-state index in [0.717, 1.165) is 5.56 Å². The monoisotopic (exact) mass is 369 g/mol. The molecule has 4 rings (SSSR count). The van der Waals surface area contributed by atoms with Gasteiger partial charge in [0.1, 0.15) is 20.7 Å². The van der Waals surface area contributed by atoms with Gasteiger partial charge in [-0.15, -0.1) is 11.3 Å². The van der Waals surface area contributed by atoms with Gasteiger partial charge in [-0.25, -0.2) is 0 Å². The van der Waals surface area contributed by atoms with Crippen molar-refractivity contribution in [2.45, 2.75) is 0 Å². The third kappa shape index (κ3) is 2.58. The van der Waals surface area contributed by atoms with Crippen LogP contribution in [0.5, 0.6) is 11.5 Å². The molecule has 0 unspecified atom stereocenters. The lowest BCUT2D eigenvalue weighted by Crippen LogP contribution is -2.08. The van der Waals surface area contributed by atoms with Gasteiger partial charge in [0, 0.05) is 5.56 Å². The normalized spacial score (nSPS) is 11.1. The van der Waals surface area contributed by atoms with Crippen LogP contribution in [0.15, 0.2) is 59.4 Å². The highest BCUT2D eigenvalue weighted by molar-refractivity contribution is 7.23. The first-order valence-corrected chi connectivity index (χ1v) is 8.68. The fraction of sp³-hybridized carbons (Fsp3) is 0. The van der Waals surface area contributed by atoms with Crippen molar-refractivity contribution in [1.82, 2.24) is 4.98 Å². The molecule has 0 aliphatic heterocycles. The van der Waals surface area contributed by atoms with Gasteiger partial charge in [0.05, 0.1) is 10.9 Å². The Bertz CT molecular complexity index is 1130. The Morgan fingerprint density at radius 1 is 0.880 bits per heavy atom. The smallest absolute Gasteiger partial charge is 0.260 e. The van der Waals surface area contributed by atoms with E-state index >= 15 is 0 Å². The SMILES string of the molecule is O=c1[nH]c2sc(Cl)c(-c3ccc(O)cc3)c2c(O)c1-c1ccccc1. The molecule has 4 aromatic rings. The first kappa shape index (κ1) is 15.7. The number of benzene rings is 2. The highest BCUT2D eigenvalue weighted by Gasteiger charge is 2.21. The minimum absolute atomic E-state index is 0.101. The summed E-state index contributed by atoms with van der Waals surface area (Å²) in [6.45, 7) is 0. The number of pyridine rings is 1. The van der Waals surface area contributed by atoms with Gasteiger partial charge in [0.2, 0.25) is 0 Å². The van der Waals surface area contributed by atoms with Gasteiger partial charge in [-0.1, -0.05) is 54.1 Å². The first-order valence-electron chi connectivity index (χ1n) is 7.48. The Morgan fingerprint density at radius 3 is 2.20 bits per heavy atom. The average Bonchev–Trinajstić information content (AvgIpc) is 2.93. The van der Waals surface area contributed by atoms with Gasteiger partial charge < -0.3 is 15.2 Å². The summed E-state index contributed by atoms with van der Waals surface area (Å²) in [6.07, 6.45) is 0. The standard InChI is InChI=1S/C19H12ClNO3S/c20-17-13(11-6-8-12(22)9-7-11)15-16(23)14(10-4-2-1-3-5-10)18(24)21-19(15)25-17/h1-9,22H,(H2,21,23,24). The zero-order valence-electron chi connectivity index (χ0n) is 12.8. The molecular weight excluding hydrogens is 358 g/mol. The van der Waals surface area contributed by atoms with Crippen molar-refractivity contribution < 1.29 is 10.2 Å². The van der Waals surface area contributed by atoms with Crippen LogP contribution < -0.4 is 5.56 Å². The number of phenolic OH excluding ortho intramolecular Hbond substituents is 1. The van der Waals surface area contributed by atoms with Crippen molar-refractivity contribution >= 4 is 33.2 Å². The summed E-state index contributed by atoms with van der Waals surface area (Å²) in [5, 5.41) is 20.9. The summed E-state index contributed by atoms with van der Waals surface area (Å²) in [5.74, 6) is 0.0400. The van der Waals surface area contributed by atoms with Gasteiger partial charge in [0.25, 0.3) is 5.56 Å². The second-order valence-electron chi connectivity index (χ2n) is 5.55. The van der Waals surface area contributed by atoms with Gasteiger partial charge >= 0.3 is 0 Å². The summed E-state index contributed by atoms with van der Waals surface area (Å²) in [5.41, 5.74) is 1.85. The topological polar surface area (TPSA) is 73.3 Å². The minimum atomic E-state index is -0.369. The molecule has 3 N–H and O–H groups in total. The van der Waals surface area contributed by atoms with Crippen LogP contribution in [0, 0.1) is 0 Å². The quantitative estimate of drug-likeness (QED) is 0.466. The average molecular weight is 370 g/mol. The van der Waals surface area contributed by atoms with Gasteiger partial charge in [-0.05, 0) is 23.3 Å². The van der Waals surface area contributed by atoms with Crippen LogP contribution in [0.1, 0.15) is 0 Å². The lowest BCUT2D eigenvalue weighted by molar-refractivity contribution is 0.475. The predicted molar refractivity (Wildman–Crippen MR) is 102 cm³/mol. The number of hydrogen-bond acceptors (Lipinski definition) is 4. The number of phenols is 1. The van der Waals surface area contributed by atoms with Crippen molar-refractivity contribution in [1.29, 1.82) is 0 Å². The van der Waals surface area contributed by atoms with Crippen LogP contribution >= 0.6 is 22.9 Å². The Morgan fingerprint density at radius 2 is 1.52 bits per heavy atom. The molecule has 2 aromatic heterocycles. The number of rotatable bonds is 2. The highest BCUT2D eigenvalue weighted by Crippen LogP contribution is 2.46. The fourth-order valence-corrected chi connectivity index (χ4v) is 4.25. The second kappa shape index (κ2) is 5.95. The summed E-state index contributed by atoms with van der Waals surface area (Å²) in [4.78, 5) is 15.8. The molecule has 0 bridgehead atoms. The highest BCUT2D eigenvalue weighted by atomic mass is 35.5. The molecule has 25 heavy (non-hydrogen) atoms. The summed E-state index contributed by atoms with van der Waals surface area (Å²) >= 11 is 7.58. The van der Waals surface area contributed by atoms with Gasteiger partial charge in [-0.3, -0.25) is 4.79 Å². The molecular formula is C19H12ClNO3S. The predicted octanol–water partition coefficient (Wildman–Crippen LogP) is 4.99. The second-order valence-corrected chi connectivity index (χ2v) is 7.17. The van der Waals surface area contributed by atoms with Crippen molar-refractivity contribution in [3.8, 4) is 33.8 Å². The van der Waals surface area contributed by atoms with Gasteiger partial charge in [0.15, 0.2) is 0 Å². The Hall–Kier alpha value is -2.76. The Kier molecular flexibility index (Phi) is 3.75. The lowest BCUT2D eigenvalue weighted by Gasteiger charge is -2.08. The van der Waals surface area contributed by atoms with Crippen molar-refractivity contribution in [3.05, 3.63) is 69.3 Å². The molecule has 124 valence electrons. The third-order valence-corrected chi connectivity index (χ3v) is 5.33. The van der Waals surface area contributed by atoms with E-state index in [2.05, 4.69) is 4.98 Å². The number of hydrogen-bond donors (Lipinski definition) is 3. The number of H-pyrrole nitrogens is 1. The fourth-order valence-electron chi connectivity index (χ4n) is 2.87. The van der Waals surface area contributed by atoms with E-state index in [1.807, 2.05) is 6.07 Å². The van der Waals surface area contributed by atoms with Crippen LogP contribution in [-0.2, 0) is 0 Å². The van der Waals surface area contributed by atoms with E-state index in [9.17, 15) is 15.0 Å². The summed E-state index contributed by atoms with van der Waals surface area (Å²) in [6, 6.07) is 15.5. The van der Waals surface area contributed by atoms with Crippen LogP contribution in [0.3, 0.4) is 0 Å². The van der Waals surface area contributed by atoms with E-state index in [-0.39, 0.29) is 22.6 Å². The third-order valence-electron chi connectivity index (χ3n) is 4.01. The molecule has 0 aliphatic rings. The number of thiophene rings is 1. The molecule has 0 spiro atoms. The van der Waals surface area contributed by atoms with Crippen LogP contribution in [0.4, 0.5) is 0 Å². The minimum Gasteiger partial charge on any atom is -0.508 e. The molecule has 0 fully saturated rings. The zero-order valence-corrected chi connectivity index (χ0v) is 14.4. The number of fused-ring (bicyclic) bond motifs is 1. The van der Waals surface area contributed by atoms with E-state index in [0.29, 0.717) is 25.7 Å². The number of halogens is 1. The molecule has 0 atom stereocenters. The molecule has 0 radical (unpaired) electrons. The maximum absolute atomic E-state index is 12.5. The molecule has 0 saturated carbocycles. The molecule has 0 amide bonds. The largest absolute Gasteiger partial charge is 0.508 e. The lowest BCUT2D eigenvalue weighted by atomic mass is 10.0. The maximum Gasteiger partial charge on any atom is 0.260 e. The molecule has 0 saturated heterocycles. The van der Waals surface area contributed by atoms with Crippen LogP contribution in [0.25, 0.3) is 32.5 Å². The molecule has 4 nitrogen and oxygen atoms in total. The summed E-state index contributed by atoms with van der Waals surface area (Å²) in [7, 11) is 0. The van der Waals surface area contributed by atoms with Crippen LogP contribution in [0.2, 0.25) is 4.34 Å². The number of aromatic amines is 1. The number of aromatic hydroxyl groups is 2. The summed E-state index contributed by atoms with van der Waals surface area (Å²) < 4.78 is 0.455. The van der Waals surface area contributed by atoms with E-state index in [1.54, 1.807) is 48.5 Å². The molecule has 6 heteroatoms. The zero-order chi connectivity index (χ0) is 17.6. The molecule has 0 aliphatic carbocycles. The maximum atomic E-state index is 12.5. The van der Waals surface area contributed by atoms with E-state index in [4.69, 9.17) is 11.6 Å². The molecule has 2 heterocycles. The Balaban J connectivity index is 2.07. The first-order chi connectivity index (χ1) is 12.1. The van der Waals surface area contributed by atoms with Crippen molar-refractivity contribution in [3.63, 3.8) is 0 Å². The van der Waals surface area contributed by atoms with Crippen molar-refractivity contribution in [2.75, 3.05) is 0 Å². The van der Waals surface area contributed by atoms with E-state index < -0.39 is 0 Å². The Labute approximate surface area is 151 Å².